The Kier molecular flexibility index (Phi) is 4.20. The highest BCUT2D eigenvalue weighted by Gasteiger charge is 2.71. The Morgan fingerprint density at radius 2 is 1.72 bits per heavy atom. The topological polar surface area (TPSA) is 119 Å². The second-order valence-electron chi connectivity index (χ2n) is 9.77. The summed E-state index contributed by atoms with van der Waals surface area (Å²) in [6, 6.07) is 11.2. The average Bonchev–Trinajstić information content (AvgIpc) is 3.29. The van der Waals surface area contributed by atoms with Crippen molar-refractivity contribution in [3.63, 3.8) is 0 Å². The summed E-state index contributed by atoms with van der Waals surface area (Å²) in [6.45, 7) is 5.42. The summed E-state index contributed by atoms with van der Waals surface area (Å²) >= 11 is 0. The molecule has 8 nitrogen and oxygen atoms in total. The van der Waals surface area contributed by atoms with E-state index >= 15 is 0 Å². The molecule has 0 radical (unpaired) electrons. The fourth-order valence-corrected chi connectivity index (χ4v) is 5.54. The van der Waals surface area contributed by atoms with Crippen LogP contribution in [0.3, 0.4) is 0 Å². The molecule has 2 saturated heterocycles. The zero-order chi connectivity index (χ0) is 23.0. The molecule has 32 heavy (non-hydrogen) atoms. The number of hydrogen-bond donors (Lipinski definition) is 4. The number of phenols is 2. The molecule has 8 heteroatoms. The number of anilines is 1. The molecular weight excluding hydrogens is 410 g/mol. The zero-order valence-corrected chi connectivity index (χ0v) is 18.0. The highest BCUT2D eigenvalue weighted by atomic mass is 16.3. The minimum absolute atomic E-state index is 0.238. The van der Waals surface area contributed by atoms with Crippen LogP contribution in [0.5, 0.6) is 11.5 Å². The third-order valence-electron chi connectivity index (χ3n) is 6.79. The number of hydrogen-bond acceptors (Lipinski definition) is 6. The fourth-order valence-electron chi connectivity index (χ4n) is 5.54. The molecule has 166 valence electrons. The van der Waals surface area contributed by atoms with Crippen molar-refractivity contribution >= 4 is 23.4 Å². The van der Waals surface area contributed by atoms with Crippen molar-refractivity contribution in [3.8, 4) is 11.5 Å². The molecule has 1 spiro atoms. The molecule has 0 unspecified atom stereocenters. The van der Waals surface area contributed by atoms with Gasteiger partial charge in [0, 0.05) is 22.8 Å². The number of para-hydroxylation sites is 1. The van der Waals surface area contributed by atoms with Gasteiger partial charge in [0.2, 0.25) is 17.7 Å². The molecule has 0 aromatic heterocycles. The van der Waals surface area contributed by atoms with Crippen LogP contribution in [-0.2, 0) is 26.3 Å². The maximum Gasteiger partial charge on any atom is 0.250 e. The Bertz CT molecular complexity index is 1170. The van der Waals surface area contributed by atoms with Crippen LogP contribution in [-0.4, -0.2) is 44.4 Å². The van der Waals surface area contributed by atoms with Gasteiger partial charge in [-0.1, -0.05) is 24.3 Å². The summed E-state index contributed by atoms with van der Waals surface area (Å²) in [6.07, 6.45) is 0.295. The van der Waals surface area contributed by atoms with Gasteiger partial charge in [-0.25, -0.2) is 0 Å². The number of nitrogens with one attached hydrogen (secondary N) is 2. The van der Waals surface area contributed by atoms with Crippen molar-refractivity contribution in [1.29, 1.82) is 0 Å². The summed E-state index contributed by atoms with van der Waals surface area (Å²) in [5, 5.41) is 25.8. The van der Waals surface area contributed by atoms with E-state index in [-0.39, 0.29) is 29.2 Å². The predicted octanol–water partition coefficient (Wildman–Crippen LogP) is 1.86. The van der Waals surface area contributed by atoms with E-state index in [2.05, 4.69) is 10.6 Å². The lowest BCUT2D eigenvalue weighted by atomic mass is 9.76. The van der Waals surface area contributed by atoms with Crippen LogP contribution in [0.1, 0.15) is 31.9 Å². The number of aromatic hydroxyl groups is 2. The number of amides is 3. The molecule has 3 aliphatic rings. The van der Waals surface area contributed by atoms with Crippen molar-refractivity contribution in [1.82, 2.24) is 10.2 Å². The lowest BCUT2D eigenvalue weighted by Crippen LogP contribution is -2.56. The van der Waals surface area contributed by atoms with Gasteiger partial charge in [0.25, 0.3) is 0 Å². The molecule has 4 atom stereocenters. The number of phenolic OH excluding ortho intramolecular Hbond substituents is 2. The van der Waals surface area contributed by atoms with Gasteiger partial charge in [-0.3, -0.25) is 24.6 Å². The third kappa shape index (κ3) is 2.62. The molecule has 2 aromatic rings. The SMILES string of the molecule is CC(C)(C)N1C(=O)[C@@H]2[C@H](Cc3ccc(O)c(O)c3)N[C@@]3(C(=O)Nc4ccccc43)[C@@H]2C1=O. The smallest absolute Gasteiger partial charge is 0.250 e. The lowest BCUT2D eigenvalue weighted by Gasteiger charge is -2.34. The van der Waals surface area contributed by atoms with Gasteiger partial charge >= 0.3 is 0 Å². The summed E-state index contributed by atoms with van der Waals surface area (Å²) in [4.78, 5) is 41.9. The first-order chi connectivity index (χ1) is 15.1. The van der Waals surface area contributed by atoms with Crippen molar-refractivity contribution in [2.45, 2.75) is 44.3 Å². The highest BCUT2D eigenvalue weighted by Crippen LogP contribution is 2.54. The Labute approximate surface area is 185 Å². The number of imide groups is 1. The molecule has 2 aromatic carbocycles. The maximum atomic E-state index is 13.7. The number of carbonyl (C=O) groups excluding carboxylic acids is 3. The van der Waals surface area contributed by atoms with E-state index < -0.39 is 29.0 Å². The second-order valence-corrected chi connectivity index (χ2v) is 9.77. The molecule has 0 bridgehead atoms. The number of likely N-dealkylation sites (tertiary alicyclic amines) is 1. The Hall–Kier alpha value is -3.39. The van der Waals surface area contributed by atoms with E-state index in [0.29, 0.717) is 23.2 Å². The predicted molar refractivity (Wildman–Crippen MR) is 116 cm³/mol. The Morgan fingerprint density at radius 1 is 1.00 bits per heavy atom. The number of carbonyl (C=O) groups is 3. The van der Waals surface area contributed by atoms with Crippen molar-refractivity contribution in [2.24, 2.45) is 11.8 Å². The van der Waals surface area contributed by atoms with E-state index in [1.165, 1.54) is 17.0 Å². The molecule has 2 fully saturated rings. The van der Waals surface area contributed by atoms with Crippen LogP contribution in [0.2, 0.25) is 0 Å². The minimum Gasteiger partial charge on any atom is -0.504 e. The van der Waals surface area contributed by atoms with Gasteiger partial charge in [-0.15, -0.1) is 0 Å². The van der Waals surface area contributed by atoms with Gasteiger partial charge in [0.15, 0.2) is 11.5 Å². The fraction of sp³-hybridized carbons (Fsp3) is 0.375. The van der Waals surface area contributed by atoms with Crippen LogP contribution in [0.4, 0.5) is 5.69 Å². The average molecular weight is 435 g/mol. The Balaban J connectivity index is 1.64. The molecule has 3 aliphatic heterocycles. The van der Waals surface area contributed by atoms with Gasteiger partial charge in [0.05, 0.1) is 11.8 Å². The summed E-state index contributed by atoms with van der Waals surface area (Å²) in [7, 11) is 0. The van der Waals surface area contributed by atoms with E-state index in [4.69, 9.17) is 0 Å². The quantitative estimate of drug-likeness (QED) is 0.422. The first-order valence-corrected chi connectivity index (χ1v) is 10.6. The van der Waals surface area contributed by atoms with E-state index in [0.717, 1.165) is 0 Å². The van der Waals surface area contributed by atoms with Gasteiger partial charge in [-0.05, 0) is 51.0 Å². The number of benzene rings is 2. The molecule has 0 saturated carbocycles. The summed E-state index contributed by atoms with van der Waals surface area (Å²) in [5.74, 6) is -3.13. The Morgan fingerprint density at radius 3 is 2.41 bits per heavy atom. The highest BCUT2D eigenvalue weighted by molar-refractivity contribution is 6.15. The normalized spacial score (nSPS) is 28.9. The van der Waals surface area contributed by atoms with E-state index in [9.17, 15) is 24.6 Å². The van der Waals surface area contributed by atoms with Crippen LogP contribution in [0, 0.1) is 11.8 Å². The number of nitrogens with zero attached hydrogens (tertiary/aromatic N) is 1. The van der Waals surface area contributed by atoms with E-state index in [1.807, 2.05) is 18.2 Å². The standard InChI is InChI=1S/C24H25N3O5/c1-23(2,3)27-20(30)18-15(10-12-8-9-16(28)17(29)11-12)26-24(19(18)21(27)31)13-6-4-5-7-14(13)25-22(24)32/h4-9,11,15,18-19,26,28-29H,10H2,1-3H3,(H,25,32)/t15-,18+,19-,24+/m0/s1. The van der Waals surface area contributed by atoms with Crippen LogP contribution in [0.15, 0.2) is 42.5 Å². The van der Waals surface area contributed by atoms with Crippen LogP contribution >= 0.6 is 0 Å². The second kappa shape index (κ2) is 6.56. The van der Waals surface area contributed by atoms with E-state index in [1.54, 1.807) is 32.9 Å². The lowest BCUT2D eigenvalue weighted by molar-refractivity contribution is -0.147. The monoisotopic (exact) mass is 435 g/mol. The van der Waals surface area contributed by atoms with Crippen molar-refractivity contribution in [3.05, 3.63) is 53.6 Å². The van der Waals surface area contributed by atoms with Crippen molar-refractivity contribution < 1.29 is 24.6 Å². The third-order valence-corrected chi connectivity index (χ3v) is 6.79. The largest absolute Gasteiger partial charge is 0.504 e. The van der Waals surface area contributed by atoms with Gasteiger partial charge in [0.1, 0.15) is 5.54 Å². The van der Waals surface area contributed by atoms with Gasteiger partial charge in [-0.2, -0.15) is 0 Å². The van der Waals surface area contributed by atoms with Crippen molar-refractivity contribution in [2.75, 3.05) is 5.32 Å². The first kappa shape index (κ1) is 20.5. The van der Waals surface area contributed by atoms with Crippen LogP contribution in [0.25, 0.3) is 0 Å². The molecule has 0 aliphatic carbocycles. The molecule has 5 rings (SSSR count). The first-order valence-electron chi connectivity index (χ1n) is 10.6. The summed E-state index contributed by atoms with van der Waals surface area (Å²) < 4.78 is 0. The number of rotatable bonds is 2. The van der Waals surface area contributed by atoms with Crippen LogP contribution < -0.4 is 10.6 Å². The molecule has 4 N–H and O–H groups in total. The molecule has 3 amide bonds. The zero-order valence-electron chi connectivity index (χ0n) is 18.0. The summed E-state index contributed by atoms with van der Waals surface area (Å²) in [5.41, 5.74) is -0.114. The maximum absolute atomic E-state index is 13.7. The number of fused-ring (bicyclic) bond motifs is 4. The minimum atomic E-state index is -1.35. The van der Waals surface area contributed by atoms with Gasteiger partial charge < -0.3 is 15.5 Å². The molecule has 3 heterocycles. The molecular formula is C24H25N3O5.